The minimum absolute atomic E-state index is 0.0465. The first-order chi connectivity index (χ1) is 12.6. The van der Waals surface area contributed by atoms with Gasteiger partial charge in [0.25, 0.3) is 11.5 Å². The largest absolute Gasteiger partial charge is 0.334 e. The second-order valence-electron chi connectivity index (χ2n) is 6.32. The van der Waals surface area contributed by atoms with E-state index in [0.717, 1.165) is 12.0 Å². The van der Waals surface area contributed by atoms with Gasteiger partial charge >= 0.3 is 0 Å². The maximum absolute atomic E-state index is 12.9. The number of fused-ring (bicyclic) bond motifs is 1. The lowest BCUT2D eigenvalue weighted by molar-refractivity contribution is 0.0735. The van der Waals surface area contributed by atoms with Crippen molar-refractivity contribution >= 4 is 28.8 Å². The second-order valence-corrected chi connectivity index (χ2v) is 7.73. The van der Waals surface area contributed by atoms with Crippen LogP contribution in [0.15, 0.2) is 58.8 Å². The van der Waals surface area contributed by atoms with Crippen molar-refractivity contribution in [3.8, 4) is 0 Å². The third-order valence-electron chi connectivity index (χ3n) is 4.62. The Kier molecular flexibility index (Phi) is 4.66. The third kappa shape index (κ3) is 3.32. The van der Waals surface area contributed by atoms with Gasteiger partial charge < -0.3 is 9.47 Å². The molecule has 0 radical (unpaired) electrons. The van der Waals surface area contributed by atoms with Gasteiger partial charge in [-0.2, -0.15) is 0 Å². The summed E-state index contributed by atoms with van der Waals surface area (Å²) in [4.78, 5) is 28.3. The SMILES string of the molecule is O=C(c1ccc(=O)n(Cc2ccccc2Cl)c1)N1CCc2sccc2C1. The molecule has 4 nitrogen and oxygen atoms in total. The van der Waals surface area contributed by atoms with Gasteiger partial charge in [0, 0.05) is 35.3 Å². The average Bonchev–Trinajstić information content (AvgIpc) is 3.12. The first-order valence-corrected chi connectivity index (χ1v) is 9.66. The van der Waals surface area contributed by atoms with E-state index in [0.29, 0.717) is 30.2 Å². The van der Waals surface area contributed by atoms with E-state index >= 15 is 0 Å². The van der Waals surface area contributed by atoms with Gasteiger partial charge in [0.2, 0.25) is 0 Å². The van der Waals surface area contributed by atoms with Crippen molar-refractivity contribution in [2.45, 2.75) is 19.5 Å². The van der Waals surface area contributed by atoms with Crippen LogP contribution in [0.25, 0.3) is 0 Å². The molecule has 4 rings (SSSR count). The van der Waals surface area contributed by atoms with Crippen LogP contribution < -0.4 is 5.56 Å². The summed E-state index contributed by atoms with van der Waals surface area (Å²) in [5, 5.41) is 2.68. The minimum Gasteiger partial charge on any atom is -0.334 e. The molecular formula is C20H17ClN2O2S. The molecule has 26 heavy (non-hydrogen) atoms. The van der Waals surface area contributed by atoms with Gasteiger partial charge in [-0.05, 0) is 41.1 Å². The van der Waals surface area contributed by atoms with Crippen molar-refractivity contribution in [3.63, 3.8) is 0 Å². The first kappa shape index (κ1) is 17.1. The number of carbonyl (C=O) groups excluding carboxylic acids is 1. The van der Waals surface area contributed by atoms with Crippen LogP contribution in [0.1, 0.15) is 26.4 Å². The number of thiophene rings is 1. The molecule has 1 aliphatic rings. The Labute approximate surface area is 160 Å². The number of carbonyl (C=O) groups is 1. The number of pyridine rings is 1. The van der Waals surface area contributed by atoms with E-state index < -0.39 is 0 Å². The average molecular weight is 385 g/mol. The molecule has 0 fully saturated rings. The standard InChI is InChI=1S/C20H17ClN2O2S/c21-17-4-2-1-3-14(17)11-23-13-16(5-6-19(23)24)20(25)22-9-7-18-15(12-22)8-10-26-18/h1-6,8,10,13H,7,9,11-12H2. The maximum Gasteiger partial charge on any atom is 0.255 e. The molecular weight excluding hydrogens is 368 g/mol. The lowest BCUT2D eigenvalue weighted by atomic mass is 10.1. The van der Waals surface area contributed by atoms with Crippen LogP contribution in [0.4, 0.5) is 0 Å². The highest BCUT2D eigenvalue weighted by molar-refractivity contribution is 7.10. The van der Waals surface area contributed by atoms with E-state index in [-0.39, 0.29) is 11.5 Å². The molecule has 0 N–H and O–H groups in total. The van der Waals surface area contributed by atoms with Crippen LogP contribution in [-0.2, 0) is 19.5 Å². The smallest absolute Gasteiger partial charge is 0.255 e. The zero-order chi connectivity index (χ0) is 18.1. The van der Waals surface area contributed by atoms with E-state index in [1.807, 2.05) is 23.1 Å². The number of amides is 1. The maximum atomic E-state index is 12.9. The Hall–Kier alpha value is -2.37. The number of aromatic nitrogens is 1. The van der Waals surface area contributed by atoms with Crippen LogP contribution in [0, 0.1) is 0 Å². The fourth-order valence-corrected chi connectivity index (χ4v) is 4.28. The van der Waals surface area contributed by atoms with Crippen LogP contribution in [-0.4, -0.2) is 21.9 Å². The van der Waals surface area contributed by atoms with Gasteiger partial charge in [0.15, 0.2) is 0 Å². The van der Waals surface area contributed by atoms with E-state index in [9.17, 15) is 9.59 Å². The van der Waals surface area contributed by atoms with Gasteiger partial charge in [-0.15, -0.1) is 11.3 Å². The predicted octanol–water partition coefficient (Wildman–Crippen LogP) is 3.81. The number of benzene rings is 1. The van der Waals surface area contributed by atoms with Gasteiger partial charge in [-0.3, -0.25) is 9.59 Å². The Morgan fingerprint density at radius 2 is 2.00 bits per heavy atom. The summed E-state index contributed by atoms with van der Waals surface area (Å²) in [6.07, 6.45) is 2.52. The van der Waals surface area contributed by atoms with E-state index in [2.05, 4.69) is 11.4 Å². The van der Waals surface area contributed by atoms with Crippen LogP contribution >= 0.6 is 22.9 Å². The van der Waals surface area contributed by atoms with Crippen molar-refractivity contribution in [2.75, 3.05) is 6.54 Å². The summed E-state index contributed by atoms with van der Waals surface area (Å²) < 4.78 is 1.54. The lowest BCUT2D eigenvalue weighted by Gasteiger charge is -2.27. The summed E-state index contributed by atoms with van der Waals surface area (Å²) >= 11 is 7.94. The van der Waals surface area contributed by atoms with Crippen molar-refractivity contribution in [1.82, 2.24) is 9.47 Å². The minimum atomic E-state index is -0.153. The van der Waals surface area contributed by atoms with Crippen molar-refractivity contribution < 1.29 is 4.79 Å². The molecule has 1 aromatic carbocycles. The van der Waals surface area contributed by atoms with Crippen molar-refractivity contribution in [2.24, 2.45) is 0 Å². The Morgan fingerprint density at radius 3 is 2.85 bits per heavy atom. The van der Waals surface area contributed by atoms with Crippen molar-refractivity contribution in [3.05, 3.63) is 91.0 Å². The molecule has 0 aliphatic carbocycles. The molecule has 3 aromatic rings. The highest BCUT2D eigenvalue weighted by Crippen LogP contribution is 2.25. The van der Waals surface area contributed by atoms with Gasteiger partial charge in [0.1, 0.15) is 0 Å². The molecule has 0 unspecified atom stereocenters. The van der Waals surface area contributed by atoms with Gasteiger partial charge in [-0.25, -0.2) is 0 Å². The molecule has 1 aliphatic heterocycles. The first-order valence-electron chi connectivity index (χ1n) is 8.40. The lowest BCUT2D eigenvalue weighted by Crippen LogP contribution is -2.36. The number of hydrogen-bond acceptors (Lipinski definition) is 3. The van der Waals surface area contributed by atoms with E-state index in [1.54, 1.807) is 29.7 Å². The molecule has 132 valence electrons. The number of hydrogen-bond donors (Lipinski definition) is 0. The Bertz CT molecular complexity index is 1020. The Morgan fingerprint density at radius 1 is 1.15 bits per heavy atom. The summed E-state index contributed by atoms with van der Waals surface area (Å²) in [6, 6.07) is 12.5. The summed E-state index contributed by atoms with van der Waals surface area (Å²) in [5.41, 5.74) is 2.44. The van der Waals surface area contributed by atoms with Gasteiger partial charge in [0.05, 0.1) is 12.1 Å². The van der Waals surface area contributed by atoms with Crippen LogP contribution in [0.3, 0.4) is 0 Å². The highest BCUT2D eigenvalue weighted by atomic mass is 35.5. The zero-order valence-corrected chi connectivity index (χ0v) is 15.6. The van der Waals surface area contributed by atoms with Crippen molar-refractivity contribution in [1.29, 1.82) is 0 Å². The third-order valence-corrected chi connectivity index (χ3v) is 6.02. The topological polar surface area (TPSA) is 42.3 Å². The molecule has 0 saturated carbocycles. The highest BCUT2D eigenvalue weighted by Gasteiger charge is 2.23. The molecule has 0 bridgehead atoms. The second kappa shape index (κ2) is 7.09. The van der Waals surface area contributed by atoms with E-state index in [4.69, 9.17) is 11.6 Å². The molecule has 1 amide bonds. The number of rotatable bonds is 3. The van der Waals surface area contributed by atoms with Gasteiger partial charge in [-0.1, -0.05) is 29.8 Å². The fraction of sp³-hybridized carbons (Fsp3) is 0.200. The number of halogens is 1. The molecule has 6 heteroatoms. The molecule has 0 saturated heterocycles. The predicted molar refractivity (Wildman–Crippen MR) is 104 cm³/mol. The van der Waals surface area contributed by atoms with E-state index in [1.165, 1.54) is 21.1 Å². The summed E-state index contributed by atoms with van der Waals surface area (Å²) in [6.45, 7) is 1.67. The number of nitrogens with zero attached hydrogens (tertiary/aromatic N) is 2. The van der Waals surface area contributed by atoms with Crippen LogP contribution in [0.5, 0.6) is 0 Å². The Balaban J connectivity index is 1.59. The normalized spacial score (nSPS) is 13.5. The van der Waals surface area contributed by atoms with Crippen LogP contribution in [0.2, 0.25) is 5.02 Å². The summed E-state index contributed by atoms with van der Waals surface area (Å²) in [7, 11) is 0. The molecule has 2 aromatic heterocycles. The molecule has 0 spiro atoms. The molecule has 3 heterocycles. The summed E-state index contributed by atoms with van der Waals surface area (Å²) in [5.74, 6) is -0.0465. The zero-order valence-electron chi connectivity index (χ0n) is 14.0. The molecule has 0 atom stereocenters. The quantitative estimate of drug-likeness (QED) is 0.689. The fourth-order valence-electron chi connectivity index (χ4n) is 3.20. The monoisotopic (exact) mass is 384 g/mol.